The standard InChI is InChI=1S/C24H26N4O4S2/c29-23(26-16-18-4-2-10-25-15-18)19-8-11-28(12-9-19)24(30)20-5-1-7-22(14-20)34(31,32)27-17-21-6-3-13-33-21/h1-7,10,13-15,19,27H,8-9,11-12,16-17H2,(H,26,29). The van der Waals surface area contributed by atoms with Crippen LogP contribution >= 0.6 is 11.3 Å². The Balaban J connectivity index is 1.32. The number of amides is 2. The highest BCUT2D eigenvalue weighted by Gasteiger charge is 2.28. The van der Waals surface area contributed by atoms with Crippen molar-refractivity contribution < 1.29 is 18.0 Å². The molecular weight excluding hydrogens is 472 g/mol. The Labute approximate surface area is 203 Å². The van der Waals surface area contributed by atoms with E-state index in [1.807, 2.05) is 29.6 Å². The van der Waals surface area contributed by atoms with E-state index in [1.54, 1.807) is 29.4 Å². The van der Waals surface area contributed by atoms with Crippen molar-refractivity contribution in [3.05, 3.63) is 82.3 Å². The average Bonchev–Trinajstić information content (AvgIpc) is 3.40. The molecule has 34 heavy (non-hydrogen) atoms. The molecule has 0 unspecified atom stereocenters. The predicted molar refractivity (Wildman–Crippen MR) is 129 cm³/mol. The molecule has 8 nitrogen and oxygen atoms in total. The highest BCUT2D eigenvalue weighted by molar-refractivity contribution is 7.89. The molecule has 0 spiro atoms. The molecule has 0 bridgehead atoms. The van der Waals surface area contributed by atoms with Gasteiger partial charge in [-0.15, -0.1) is 11.3 Å². The Kier molecular flexibility index (Phi) is 7.71. The van der Waals surface area contributed by atoms with Crippen LogP contribution in [0.4, 0.5) is 0 Å². The van der Waals surface area contributed by atoms with Crippen LogP contribution in [0.25, 0.3) is 0 Å². The molecule has 0 atom stereocenters. The van der Waals surface area contributed by atoms with E-state index >= 15 is 0 Å². The van der Waals surface area contributed by atoms with Gasteiger partial charge in [0.15, 0.2) is 0 Å². The number of pyridine rings is 1. The summed E-state index contributed by atoms with van der Waals surface area (Å²) in [6.07, 6.45) is 4.52. The van der Waals surface area contributed by atoms with E-state index in [4.69, 9.17) is 0 Å². The van der Waals surface area contributed by atoms with Gasteiger partial charge in [-0.2, -0.15) is 0 Å². The minimum absolute atomic E-state index is 0.0270. The highest BCUT2D eigenvalue weighted by Crippen LogP contribution is 2.21. The number of piperidine rings is 1. The fraction of sp³-hybridized carbons (Fsp3) is 0.292. The summed E-state index contributed by atoms with van der Waals surface area (Å²) in [4.78, 5) is 32.2. The largest absolute Gasteiger partial charge is 0.352 e. The second-order valence-electron chi connectivity index (χ2n) is 8.08. The van der Waals surface area contributed by atoms with E-state index in [1.165, 1.54) is 23.5 Å². The maximum Gasteiger partial charge on any atom is 0.253 e. The molecular formula is C24H26N4O4S2. The van der Waals surface area contributed by atoms with Gasteiger partial charge < -0.3 is 10.2 Å². The molecule has 2 N–H and O–H groups in total. The molecule has 1 aliphatic rings. The van der Waals surface area contributed by atoms with Gasteiger partial charge in [0.2, 0.25) is 15.9 Å². The van der Waals surface area contributed by atoms with E-state index < -0.39 is 10.0 Å². The first-order valence-electron chi connectivity index (χ1n) is 11.0. The number of carbonyl (C=O) groups is 2. The van der Waals surface area contributed by atoms with Crippen molar-refractivity contribution in [2.45, 2.75) is 30.8 Å². The molecule has 0 aliphatic carbocycles. The summed E-state index contributed by atoms with van der Waals surface area (Å²) in [5, 5.41) is 4.82. The second-order valence-corrected chi connectivity index (χ2v) is 10.9. The summed E-state index contributed by atoms with van der Waals surface area (Å²) < 4.78 is 27.9. The third-order valence-electron chi connectivity index (χ3n) is 5.75. The molecule has 1 saturated heterocycles. The van der Waals surface area contributed by atoms with Crippen molar-refractivity contribution in [3.8, 4) is 0 Å². The van der Waals surface area contributed by atoms with E-state index in [2.05, 4.69) is 15.0 Å². The van der Waals surface area contributed by atoms with Crippen LogP contribution in [0, 0.1) is 5.92 Å². The van der Waals surface area contributed by atoms with E-state index in [-0.39, 0.29) is 29.2 Å². The van der Waals surface area contributed by atoms with Gasteiger partial charge in [0, 0.05) is 54.9 Å². The van der Waals surface area contributed by atoms with Crippen LogP contribution in [0.2, 0.25) is 0 Å². The van der Waals surface area contributed by atoms with E-state index in [0.29, 0.717) is 38.0 Å². The number of hydrogen-bond donors (Lipinski definition) is 2. The van der Waals surface area contributed by atoms with Crippen molar-refractivity contribution >= 4 is 33.2 Å². The lowest BCUT2D eigenvalue weighted by Crippen LogP contribution is -2.43. The van der Waals surface area contributed by atoms with Gasteiger partial charge in [0.05, 0.1) is 4.90 Å². The van der Waals surface area contributed by atoms with Crippen LogP contribution in [0.15, 0.2) is 71.2 Å². The van der Waals surface area contributed by atoms with Crippen LogP contribution in [-0.4, -0.2) is 43.2 Å². The number of sulfonamides is 1. The van der Waals surface area contributed by atoms with Gasteiger partial charge in [0.1, 0.15) is 0 Å². The van der Waals surface area contributed by atoms with E-state index in [0.717, 1.165) is 10.4 Å². The lowest BCUT2D eigenvalue weighted by molar-refractivity contribution is -0.126. The van der Waals surface area contributed by atoms with Crippen LogP contribution < -0.4 is 10.0 Å². The molecule has 0 saturated carbocycles. The van der Waals surface area contributed by atoms with Crippen LogP contribution in [-0.2, 0) is 27.9 Å². The number of likely N-dealkylation sites (tertiary alicyclic amines) is 1. The second kappa shape index (κ2) is 10.9. The first-order valence-corrected chi connectivity index (χ1v) is 13.4. The Bertz CT molecular complexity index is 1220. The number of nitrogens with zero attached hydrogens (tertiary/aromatic N) is 2. The number of hydrogen-bond acceptors (Lipinski definition) is 6. The number of nitrogens with one attached hydrogen (secondary N) is 2. The minimum atomic E-state index is -3.74. The highest BCUT2D eigenvalue weighted by atomic mass is 32.2. The Morgan fingerprint density at radius 3 is 2.59 bits per heavy atom. The number of benzene rings is 1. The molecule has 3 aromatic rings. The number of carbonyl (C=O) groups excluding carboxylic acids is 2. The van der Waals surface area contributed by atoms with Gasteiger partial charge in [0.25, 0.3) is 5.91 Å². The maximum absolute atomic E-state index is 13.0. The molecule has 0 radical (unpaired) electrons. The molecule has 4 rings (SSSR count). The Morgan fingerprint density at radius 1 is 1.06 bits per heavy atom. The zero-order valence-electron chi connectivity index (χ0n) is 18.5. The van der Waals surface area contributed by atoms with Gasteiger partial charge in [-0.3, -0.25) is 14.6 Å². The summed E-state index contributed by atoms with van der Waals surface area (Å²) in [5.41, 5.74) is 1.25. The first kappa shape index (κ1) is 24.1. The number of aromatic nitrogens is 1. The van der Waals surface area contributed by atoms with Crippen LogP contribution in [0.3, 0.4) is 0 Å². The quantitative estimate of drug-likeness (QED) is 0.497. The zero-order valence-corrected chi connectivity index (χ0v) is 20.1. The topological polar surface area (TPSA) is 108 Å². The summed E-state index contributed by atoms with van der Waals surface area (Å²) in [5.74, 6) is -0.417. The lowest BCUT2D eigenvalue weighted by Gasteiger charge is -2.31. The fourth-order valence-electron chi connectivity index (χ4n) is 3.82. The predicted octanol–water partition coefficient (Wildman–Crippen LogP) is 2.79. The monoisotopic (exact) mass is 498 g/mol. The third kappa shape index (κ3) is 6.07. The molecule has 3 heterocycles. The van der Waals surface area contributed by atoms with Gasteiger partial charge in [-0.05, 0) is 54.1 Å². The molecule has 10 heteroatoms. The fourth-order valence-corrected chi connectivity index (χ4v) is 5.61. The van der Waals surface area contributed by atoms with Gasteiger partial charge in [-0.1, -0.05) is 18.2 Å². The molecule has 178 valence electrons. The zero-order chi connectivity index (χ0) is 24.0. The van der Waals surface area contributed by atoms with Crippen molar-refractivity contribution in [2.24, 2.45) is 5.92 Å². The maximum atomic E-state index is 13.0. The van der Waals surface area contributed by atoms with Crippen molar-refractivity contribution in [1.82, 2.24) is 19.9 Å². The van der Waals surface area contributed by atoms with Crippen LogP contribution in [0.5, 0.6) is 0 Å². The third-order valence-corrected chi connectivity index (χ3v) is 8.03. The molecule has 1 fully saturated rings. The number of thiophene rings is 1. The Morgan fingerprint density at radius 2 is 1.88 bits per heavy atom. The van der Waals surface area contributed by atoms with E-state index in [9.17, 15) is 18.0 Å². The minimum Gasteiger partial charge on any atom is -0.352 e. The summed E-state index contributed by atoms with van der Waals surface area (Å²) in [6, 6.07) is 13.5. The molecule has 2 amide bonds. The first-order chi connectivity index (χ1) is 16.4. The SMILES string of the molecule is O=C(NCc1cccnc1)C1CCN(C(=O)c2cccc(S(=O)(=O)NCc3cccs3)c2)CC1. The molecule has 2 aromatic heterocycles. The normalized spacial score (nSPS) is 14.6. The van der Waals surface area contributed by atoms with Gasteiger partial charge in [-0.25, -0.2) is 13.1 Å². The molecule has 1 aliphatic heterocycles. The summed E-state index contributed by atoms with van der Waals surface area (Å²) in [7, 11) is -3.74. The van der Waals surface area contributed by atoms with Crippen molar-refractivity contribution in [1.29, 1.82) is 0 Å². The van der Waals surface area contributed by atoms with Crippen molar-refractivity contribution in [3.63, 3.8) is 0 Å². The average molecular weight is 499 g/mol. The van der Waals surface area contributed by atoms with Gasteiger partial charge >= 0.3 is 0 Å². The smallest absolute Gasteiger partial charge is 0.253 e. The summed E-state index contributed by atoms with van der Waals surface area (Å²) in [6.45, 7) is 1.51. The number of rotatable bonds is 8. The Hall–Kier alpha value is -3.08. The van der Waals surface area contributed by atoms with Crippen molar-refractivity contribution in [2.75, 3.05) is 13.1 Å². The summed E-state index contributed by atoms with van der Waals surface area (Å²) >= 11 is 1.47. The lowest BCUT2D eigenvalue weighted by atomic mass is 9.95. The molecule has 1 aromatic carbocycles. The van der Waals surface area contributed by atoms with Crippen LogP contribution in [0.1, 0.15) is 33.6 Å².